The van der Waals surface area contributed by atoms with Crippen molar-refractivity contribution in [3.63, 3.8) is 0 Å². The van der Waals surface area contributed by atoms with Gasteiger partial charge >= 0.3 is 0 Å². The van der Waals surface area contributed by atoms with E-state index < -0.39 is 0 Å². The van der Waals surface area contributed by atoms with Crippen LogP contribution in [-0.2, 0) is 6.54 Å². The Morgan fingerprint density at radius 1 is 1.04 bits per heavy atom. The highest BCUT2D eigenvalue weighted by Gasteiger charge is 2.17. The quantitative estimate of drug-likeness (QED) is 0.544. The van der Waals surface area contributed by atoms with Gasteiger partial charge in [0.15, 0.2) is 5.76 Å². The molecule has 0 spiro atoms. The van der Waals surface area contributed by atoms with Crippen LogP contribution in [0, 0.1) is 0 Å². The molecule has 3 aromatic rings. The second kappa shape index (κ2) is 8.86. The van der Waals surface area contributed by atoms with Crippen molar-refractivity contribution in [1.29, 1.82) is 0 Å². The van der Waals surface area contributed by atoms with Gasteiger partial charge in [0, 0.05) is 14.8 Å². The van der Waals surface area contributed by atoms with Crippen molar-refractivity contribution in [2.24, 2.45) is 0 Å². The first-order valence-corrected chi connectivity index (χ1v) is 10.5. The Balaban J connectivity index is 1.44. The third-order valence-electron chi connectivity index (χ3n) is 4.64. The number of carbonyl (C=O) groups excluding carboxylic acids is 1. The molecule has 4 rings (SSSR count). The number of likely N-dealkylation sites (tertiary alicyclic amines) is 1. The number of benzene rings is 2. The number of halogens is 1. The van der Waals surface area contributed by atoms with Gasteiger partial charge < -0.3 is 9.73 Å². The average molecular weight is 413 g/mol. The molecule has 4 nitrogen and oxygen atoms in total. The molecule has 1 amide bonds. The van der Waals surface area contributed by atoms with Crippen molar-refractivity contribution >= 4 is 35.0 Å². The fourth-order valence-corrected chi connectivity index (χ4v) is 4.25. The van der Waals surface area contributed by atoms with E-state index in [0.717, 1.165) is 40.9 Å². The number of carbonyl (C=O) groups is 1. The van der Waals surface area contributed by atoms with Crippen LogP contribution >= 0.6 is 23.4 Å². The van der Waals surface area contributed by atoms with E-state index in [2.05, 4.69) is 10.2 Å². The van der Waals surface area contributed by atoms with Gasteiger partial charge in [0.1, 0.15) is 5.76 Å². The van der Waals surface area contributed by atoms with Gasteiger partial charge in [-0.1, -0.05) is 35.5 Å². The molecule has 1 aliphatic rings. The molecule has 1 saturated heterocycles. The molecule has 0 saturated carbocycles. The molecule has 2 aromatic carbocycles. The highest BCUT2D eigenvalue weighted by atomic mass is 35.5. The number of anilines is 1. The summed E-state index contributed by atoms with van der Waals surface area (Å²) in [5.41, 5.74) is 0.755. The molecular weight excluding hydrogens is 392 g/mol. The van der Waals surface area contributed by atoms with Gasteiger partial charge in [-0.25, -0.2) is 0 Å². The number of rotatable bonds is 6. The summed E-state index contributed by atoms with van der Waals surface area (Å²) >= 11 is 7.53. The Morgan fingerprint density at radius 2 is 1.79 bits per heavy atom. The van der Waals surface area contributed by atoms with Gasteiger partial charge in [0.2, 0.25) is 0 Å². The smallest absolute Gasteiger partial charge is 0.291 e. The fourth-order valence-electron chi connectivity index (χ4n) is 3.22. The third kappa shape index (κ3) is 4.79. The lowest BCUT2D eigenvalue weighted by Crippen LogP contribution is -2.18. The summed E-state index contributed by atoms with van der Waals surface area (Å²) in [4.78, 5) is 17.0. The minimum absolute atomic E-state index is 0.239. The monoisotopic (exact) mass is 412 g/mol. The summed E-state index contributed by atoms with van der Waals surface area (Å²) in [6, 6.07) is 19.0. The summed E-state index contributed by atoms with van der Waals surface area (Å²) in [5.74, 6) is 0.924. The largest absolute Gasteiger partial charge is 0.455 e. The molecule has 0 radical (unpaired) electrons. The molecule has 28 heavy (non-hydrogen) atoms. The van der Waals surface area contributed by atoms with E-state index in [1.807, 2.05) is 54.6 Å². The topological polar surface area (TPSA) is 45.5 Å². The van der Waals surface area contributed by atoms with Gasteiger partial charge in [-0.15, -0.1) is 0 Å². The zero-order valence-electron chi connectivity index (χ0n) is 15.4. The van der Waals surface area contributed by atoms with Crippen LogP contribution in [0.5, 0.6) is 0 Å². The lowest BCUT2D eigenvalue weighted by Gasteiger charge is -2.12. The Morgan fingerprint density at radius 3 is 2.57 bits per heavy atom. The van der Waals surface area contributed by atoms with E-state index in [9.17, 15) is 4.79 Å². The molecule has 1 aliphatic heterocycles. The van der Waals surface area contributed by atoms with Crippen LogP contribution in [0.25, 0.3) is 0 Å². The maximum Gasteiger partial charge on any atom is 0.291 e. The maximum absolute atomic E-state index is 12.7. The Kier molecular flexibility index (Phi) is 6.05. The van der Waals surface area contributed by atoms with Crippen LogP contribution in [0.1, 0.15) is 29.2 Å². The van der Waals surface area contributed by atoms with Crippen LogP contribution < -0.4 is 5.32 Å². The Labute approximate surface area is 173 Å². The maximum atomic E-state index is 12.7. The summed E-state index contributed by atoms with van der Waals surface area (Å²) < 4.78 is 5.78. The summed E-state index contributed by atoms with van der Waals surface area (Å²) in [5, 5.41) is 3.67. The second-order valence-electron chi connectivity index (χ2n) is 6.76. The van der Waals surface area contributed by atoms with Crippen molar-refractivity contribution in [3.8, 4) is 0 Å². The molecular formula is C22H21ClN2O2S. The first kappa shape index (κ1) is 19.1. The number of nitrogens with one attached hydrogen (secondary N) is 1. The fraction of sp³-hybridized carbons (Fsp3) is 0.227. The first-order chi connectivity index (χ1) is 13.7. The van der Waals surface area contributed by atoms with Gasteiger partial charge in [0.05, 0.1) is 12.2 Å². The number of hydrogen-bond donors (Lipinski definition) is 1. The van der Waals surface area contributed by atoms with Gasteiger partial charge in [-0.3, -0.25) is 9.69 Å². The molecule has 6 heteroatoms. The predicted molar refractivity (Wildman–Crippen MR) is 113 cm³/mol. The number of amides is 1. The molecule has 144 valence electrons. The van der Waals surface area contributed by atoms with Crippen LogP contribution in [0.4, 0.5) is 5.69 Å². The van der Waals surface area contributed by atoms with Crippen LogP contribution in [0.3, 0.4) is 0 Å². The average Bonchev–Trinajstić information content (AvgIpc) is 3.38. The normalized spacial score (nSPS) is 14.3. The lowest BCUT2D eigenvalue weighted by molar-refractivity contribution is 0.0993. The summed E-state index contributed by atoms with van der Waals surface area (Å²) in [6.45, 7) is 2.95. The molecule has 0 unspecified atom stereocenters. The Hall–Kier alpha value is -2.21. The van der Waals surface area contributed by atoms with Crippen molar-refractivity contribution in [1.82, 2.24) is 4.90 Å². The zero-order chi connectivity index (χ0) is 19.3. The van der Waals surface area contributed by atoms with E-state index in [1.165, 1.54) is 12.8 Å². The highest BCUT2D eigenvalue weighted by Crippen LogP contribution is 2.34. The molecule has 2 heterocycles. The van der Waals surface area contributed by atoms with Crippen molar-refractivity contribution in [3.05, 3.63) is 77.2 Å². The highest BCUT2D eigenvalue weighted by molar-refractivity contribution is 7.99. The molecule has 0 bridgehead atoms. The van der Waals surface area contributed by atoms with E-state index in [4.69, 9.17) is 16.0 Å². The minimum atomic E-state index is -0.239. The lowest BCUT2D eigenvalue weighted by atomic mass is 10.3. The zero-order valence-corrected chi connectivity index (χ0v) is 16.9. The molecule has 1 fully saturated rings. The van der Waals surface area contributed by atoms with E-state index in [1.54, 1.807) is 17.8 Å². The molecule has 0 aliphatic carbocycles. The van der Waals surface area contributed by atoms with E-state index in [0.29, 0.717) is 10.8 Å². The second-order valence-corrected chi connectivity index (χ2v) is 8.31. The number of para-hydroxylation sites is 1. The van der Waals surface area contributed by atoms with Crippen LogP contribution in [0.15, 0.2) is 74.9 Å². The molecule has 1 aromatic heterocycles. The number of furan rings is 1. The molecule has 1 N–H and O–H groups in total. The standard InChI is InChI=1S/C22H21ClN2O2S/c23-16-7-10-18(11-8-16)28-21-6-2-1-5-19(21)24-22(26)20-12-9-17(27-20)15-25-13-3-4-14-25/h1-2,5-12H,3-4,13-15H2,(H,24,26). The minimum Gasteiger partial charge on any atom is -0.455 e. The third-order valence-corrected chi connectivity index (χ3v) is 5.98. The van der Waals surface area contributed by atoms with Crippen LogP contribution in [-0.4, -0.2) is 23.9 Å². The number of nitrogens with zero attached hydrogens (tertiary/aromatic N) is 1. The van der Waals surface area contributed by atoms with Gasteiger partial charge in [-0.2, -0.15) is 0 Å². The molecule has 0 atom stereocenters. The van der Waals surface area contributed by atoms with E-state index >= 15 is 0 Å². The SMILES string of the molecule is O=C(Nc1ccccc1Sc1ccc(Cl)cc1)c1ccc(CN2CCCC2)o1. The van der Waals surface area contributed by atoms with Crippen LogP contribution in [0.2, 0.25) is 5.02 Å². The Bertz CT molecular complexity index is 949. The summed E-state index contributed by atoms with van der Waals surface area (Å²) in [6.07, 6.45) is 2.46. The first-order valence-electron chi connectivity index (χ1n) is 9.32. The predicted octanol–water partition coefficient (Wildman–Crippen LogP) is 5.93. The van der Waals surface area contributed by atoms with Crippen molar-refractivity contribution < 1.29 is 9.21 Å². The summed E-state index contributed by atoms with van der Waals surface area (Å²) in [7, 11) is 0. The number of hydrogen-bond acceptors (Lipinski definition) is 4. The van der Waals surface area contributed by atoms with Crippen molar-refractivity contribution in [2.75, 3.05) is 18.4 Å². The van der Waals surface area contributed by atoms with Crippen molar-refractivity contribution in [2.45, 2.75) is 29.2 Å². The van der Waals surface area contributed by atoms with E-state index in [-0.39, 0.29) is 5.91 Å². The van der Waals surface area contributed by atoms with Gasteiger partial charge in [-0.05, 0) is 74.5 Å². The van der Waals surface area contributed by atoms with Gasteiger partial charge in [0.25, 0.3) is 5.91 Å².